The van der Waals surface area contributed by atoms with Crippen LogP contribution < -0.4 is 21.3 Å². The zero-order chi connectivity index (χ0) is 21.2. The molecular weight excluding hydrogens is 378 g/mol. The number of hydrogen-bond acceptors (Lipinski definition) is 6. The monoisotopic (exact) mass is 403 g/mol. The lowest BCUT2D eigenvalue weighted by atomic mass is 10.2. The van der Waals surface area contributed by atoms with Crippen molar-refractivity contribution in [1.29, 1.82) is 5.41 Å². The standard InChI is InChI=1S/C22H25N7O/c1-16-11-19(7-8-25-16)28-20-15-27-21(12-18(20)13-23)29-22(30)26-10-9-24-14-17-5-3-2-4-6-17/h2-8,11-13,15,23-24H,9-10,14H2,1H3,(H,25,28)(H2,26,27,29,30). The van der Waals surface area contributed by atoms with Crippen molar-refractivity contribution in [1.82, 2.24) is 20.6 Å². The van der Waals surface area contributed by atoms with Gasteiger partial charge in [0.2, 0.25) is 0 Å². The number of nitrogens with one attached hydrogen (secondary N) is 5. The number of urea groups is 1. The summed E-state index contributed by atoms with van der Waals surface area (Å²) in [6.45, 7) is 3.79. The first-order valence-corrected chi connectivity index (χ1v) is 9.64. The first kappa shape index (κ1) is 20.9. The highest BCUT2D eigenvalue weighted by molar-refractivity contribution is 5.92. The molecular formula is C22H25N7O. The molecule has 0 bridgehead atoms. The lowest BCUT2D eigenvalue weighted by Crippen LogP contribution is -2.34. The van der Waals surface area contributed by atoms with Gasteiger partial charge in [0.1, 0.15) is 5.82 Å². The van der Waals surface area contributed by atoms with Gasteiger partial charge in [-0.25, -0.2) is 9.78 Å². The SMILES string of the molecule is Cc1cc(Nc2cnc(NC(=O)NCCNCc3ccccc3)cc2C=N)ccn1. The number of aromatic nitrogens is 2. The van der Waals surface area contributed by atoms with E-state index < -0.39 is 0 Å². The van der Waals surface area contributed by atoms with Crippen LogP contribution in [0.2, 0.25) is 0 Å². The molecule has 2 heterocycles. The van der Waals surface area contributed by atoms with Gasteiger partial charge in [-0.15, -0.1) is 0 Å². The van der Waals surface area contributed by atoms with Crippen LogP contribution in [0.25, 0.3) is 0 Å². The quantitative estimate of drug-likeness (QED) is 0.277. The minimum atomic E-state index is -0.342. The predicted molar refractivity (Wildman–Crippen MR) is 120 cm³/mol. The fraction of sp³-hybridized carbons (Fsp3) is 0.182. The molecule has 0 fully saturated rings. The third-order valence-corrected chi connectivity index (χ3v) is 4.27. The molecule has 5 N–H and O–H groups in total. The Hall–Kier alpha value is -3.78. The van der Waals surface area contributed by atoms with Gasteiger partial charge in [0.25, 0.3) is 0 Å². The Kier molecular flexibility index (Phi) is 7.45. The number of amides is 2. The Morgan fingerprint density at radius 1 is 1.10 bits per heavy atom. The molecule has 3 aromatic rings. The molecule has 0 spiro atoms. The molecule has 0 radical (unpaired) electrons. The summed E-state index contributed by atoms with van der Waals surface area (Å²) in [7, 11) is 0. The highest BCUT2D eigenvalue weighted by atomic mass is 16.2. The van der Waals surface area contributed by atoms with Gasteiger partial charge >= 0.3 is 6.03 Å². The summed E-state index contributed by atoms with van der Waals surface area (Å²) in [5, 5.41) is 19.6. The maximum Gasteiger partial charge on any atom is 0.320 e. The molecule has 0 saturated heterocycles. The van der Waals surface area contributed by atoms with Gasteiger partial charge < -0.3 is 21.4 Å². The van der Waals surface area contributed by atoms with E-state index >= 15 is 0 Å². The molecule has 0 aliphatic heterocycles. The number of rotatable bonds is 9. The van der Waals surface area contributed by atoms with Gasteiger partial charge in [0, 0.05) is 49.0 Å². The number of carbonyl (C=O) groups excluding carboxylic acids is 1. The van der Waals surface area contributed by atoms with Crippen molar-refractivity contribution in [3.8, 4) is 0 Å². The summed E-state index contributed by atoms with van der Waals surface area (Å²) in [5.41, 5.74) is 4.22. The van der Waals surface area contributed by atoms with E-state index in [1.165, 1.54) is 11.8 Å². The van der Waals surface area contributed by atoms with Gasteiger partial charge in [-0.2, -0.15) is 0 Å². The lowest BCUT2D eigenvalue weighted by Gasteiger charge is -2.12. The second kappa shape index (κ2) is 10.7. The van der Waals surface area contributed by atoms with Gasteiger partial charge in [-0.3, -0.25) is 10.3 Å². The summed E-state index contributed by atoms with van der Waals surface area (Å²) in [5.74, 6) is 0.375. The predicted octanol–water partition coefficient (Wildman–Crippen LogP) is 3.44. The second-order valence-corrected chi connectivity index (χ2v) is 6.66. The van der Waals surface area contributed by atoms with Gasteiger partial charge in [-0.1, -0.05) is 30.3 Å². The van der Waals surface area contributed by atoms with Crippen molar-refractivity contribution in [3.05, 3.63) is 77.7 Å². The third-order valence-electron chi connectivity index (χ3n) is 4.27. The largest absolute Gasteiger partial charge is 0.354 e. The maximum atomic E-state index is 12.1. The Bertz CT molecular complexity index is 992. The van der Waals surface area contributed by atoms with E-state index in [4.69, 9.17) is 5.41 Å². The minimum Gasteiger partial charge on any atom is -0.354 e. The van der Waals surface area contributed by atoms with Crippen LogP contribution in [0.5, 0.6) is 0 Å². The Balaban J connectivity index is 1.47. The summed E-state index contributed by atoms with van der Waals surface area (Å²) in [4.78, 5) is 20.5. The fourth-order valence-electron chi connectivity index (χ4n) is 2.80. The van der Waals surface area contributed by atoms with Gasteiger partial charge in [-0.05, 0) is 30.7 Å². The maximum absolute atomic E-state index is 12.1. The van der Waals surface area contributed by atoms with Crippen molar-refractivity contribution >= 4 is 29.4 Å². The van der Waals surface area contributed by atoms with Crippen LogP contribution in [0.3, 0.4) is 0 Å². The van der Waals surface area contributed by atoms with Crippen LogP contribution in [0, 0.1) is 12.3 Å². The van der Waals surface area contributed by atoms with Crippen molar-refractivity contribution in [3.63, 3.8) is 0 Å². The summed E-state index contributed by atoms with van der Waals surface area (Å²) in [6.07, 6.45) is 4.52. The molecule has 0 saturated carbocycles. The molecule has 1 aromatic carbocycles. The topological polar surface area (TPSA) is 115 Å². The highest BCUT2D eigenvalue weighted by Gasteiger charge is 2.07. The number of pyridine rings is 2. The minimum absolute atomic E-state index is 0.342. The van der Waals surface area contributed by atoms with Gasteiger partial charge in [0.15, 0.2) is 0 Å². The van der Waals surface area contributed by atoms with E-state index in [2.05, 4.69) is 31.2 Å². The first-order valence-electron chi connectivity index (χ1n) is 9.64. The number of nitrogens with zero attached hydrogens (tertiary/aromatic N) is 2. The van der Waals surface area contributed by atoms with E-state index in [0.29, 0.717) is 30.2 Å². The summed E-state index contributed by atoms with van der Waals surface area (Å²) in [6, 6.07) is 15.1. The smallest absolute Gasteiger partial charge is 0.320 e. The molecule has 8 nitrogen and oxygen atoms in total. The van der Waals surface area contributed by atoms with Crippen molar-refractivity contribution in [2.75, 3.05) is 23.7 Å². The summed E-state index contributed by atoms with van der Waals surface area (Å²) >= 11 is 0. The zero-order valence-corrected chi connectivity index (χ0v) is 16.8. The molecule has 0 unspecified atom stereocenters. The normalized spacial score (nSPS) is 10.3. The van der Waals surface area contributed by atoms with Crippen molar-refractivity contribution < 1.29 is 4.79 Å². The van der Waals surface area contributed by atoms with Crippen LogP contribution in [0.15, 0.2) is 60.9 Å². The third kappa shape index (κ3) is 6.39. The molecule has 2 amide bonds. The fourth-order valence-corrected chi connectivity index (χ4v) is 2.80. The van der Waals surface area contributed by atoms with E-state index in [9.17, 15) is 4.79 Å². The van der Waals surface area contributed by atoms with E-state index in [1.54, 1.807) is 18.5 Å². The molecule has 8 heteroatoms. The average molecular weight is 403 g/mol. The Morgan fingerprint density at radius 2 is 1.93 bits per heavy atom. The average Bonchev–Trinajstić information content (AvgIpc) is 2.75. The molecule has 30 heavy (non-hydrogen) atoms. The molecule has 3 rings (SSSR count). The molecule has 0 aliphatic rings. The number of aryl methyl sites for hydroxylation is 1. The molecule has 2 aromatic heterocycles. The number of carbonyl (C=O) groups is 1. The van der Waals surface area contributed by atoms with Crippen LogP contribution in [-0.2, 0) is 6.54 Å². The lowest BCUT2D eigenvalue weighted by molar-refractivity contribution is 0.252. The van der Waals surface area contributed by atoms with Crippen LogP contribution in [0.4, 0.5) is 22.0 Å². The van der Waals surface area contributed by atoms with Crippen LogP contribution in [-0.4, -0.2) is 35.3 Å². The van der Waals surface area contributed by atoms with Gasteiger partial charge in [0.05, 0.1) is 11.9 Å². The summed E-state index contributed by atoms with van der Waals surface area (Å²) < 4.78 is 0. The molecule has 154 valence electrons. The molecule has 0 atom stereocenters. The first-order chi connectivity index (χ1) is 14.6. The van der Waals surface area contributed by atoms with Crippen LogP contribution >= 0.6 is 0 Å². The Labute approximate surface area is 175 Å². The highest BCUT2D eigenvalue weighted by Crippen LogP contribution is 2.21. The second-order valence-electron chi connectivity index (χ2n) is 6.66. The van der Waals surface area contributed by atoms with Crippen molar-refractivity contribution in [2.45, 2.75) is 13.5 Å². The Morgan fingerprint density at radius 3 is 2.70 bits per heavy atom. The number of hydrogen-bond donors (Lipinski definition) is 5. The van der Waals surface area contributed by atoms with E-state index in [0.717, 1.165) is 17.9 Å². The van der Waals surface area contributed by atoms with Crippen LogP contribution in [0.1, 0.15) is 16.8 Å². The van der Waals surface area contributed by atoms with E-state index in [1.807, 2.05) is 49.4 Å². The zero-order valence-electron chi connectivity index (χ0n) is 16.8. The number of anilines is 3. The van der Waals surface area contributed by atoms with Crippen molar-refractivity contribution in [2.24, 2.45) is 0 Å². The molecule has 0 aliphatic carbocycles. The van der Waals surface area contributed by atoms with E-state index in [-0.39, 0.29) is 6.03 Å². The number of benzene rings is 1.